The van der Waals surface area contributed by atoms with Gasteiger partial charge in [-0.1, -0.05) is 17.7 Å². The van der Waals surface area contributed by atoms with Gasteiger partial charge in [-0.3, -0.25) is 9.69 Å². The molecule has 0 spiro atoms. The maximum atomic E-state index is 13.4. The van der Waals surface area contributed by atoms with Crippen LogP contribution in [0.1, 0.15) is 10.3 Å². The lowest BCUT2D eigenvalue weighted by Gasteiger charge is -2.24. The largest absolute Gasteiger partial charge is 0.319 e. The van der Waals surface area contributed by atoms with E-state index in [1.165, 1.54) is 28.0 Å². The highest BCUT2D eigenvalue weighted by Gasteiger charge is 2.51. The van der Waals surface area contributed by atoms with E-state index in [9.17, 15) is 9.18 Å². The molecule has 4 rings (SSSR count). The molecule has 118 valence electrons. The van der Waals surface area contributed by atoms with Crippen LogP contribution >= 0.6 is 46.9 Å². The van der Waals surface area contributed by atoms with Crippen LogP contribution < -0.4 is 4.90 Å². The summed E-state index contributed by atoms with van der Waals surface area (Å²) in [5, 5.41) is 2.50. The van der Waals surface area contributed by atoms with Crippen molar-refractivity contribution in [2.24, 2.45) is 0 Å². The Bertz CT molecular complexity index is 798. The Labute approximate surface area is 151 Å². The van der Waals surface area contributed by atoms with Crippen molar-refractivity contribution in [2.75, 3.05) is 10.7 Å². The van der Waals surface area contributed by atoms with E-state index in [0.717, 1.165) is 0 Å². The molecule has 2 saturated heterocycles. The average Bonchev–Trinajstić information content (AvgIpc) is 3.22. The van der Waals surface area contributed by atoms with Gasteiger partial charge in [0, 0.05) is 10.6 Å². The zero-order valence-corrected chi connectivity index (χ0v) is 14.8. The maximum Gasteiger partial charge on any atom is 0.257 e. The van der Waals surface area contributed by atoms with Crippen molar-refractivity contribution in [1.29, 1.82) is 0 Å². The van der Waals surface area contributed by atoms with Gasteiger partial charge in [0.15, 0.2) is 5.11 Å². The van der Waals surface area contributed by atoms with Gasteiger partial charge in [-0.15, -0.1) is 23.1 Å². The number of thioether (sulfide) groups is 1. The van der Waals surface area contributed by atoms with Crippen molar-refractivity contribution >= 4 is 63.6 Å². The third kappa shape index (κ3) is 2.38. The molecular weight excluding hydrogens is 375 g/mol. The van der Waals surface area contributed by atoms with E-state index >= 15 is 0 Å². The third-order valence-electron chi connectivity index (χ3n) is 3.87. The summed E-state index contributed by atoms with van der Waals surface area (Å²) in [6.45, 7) is 0. The van der Waals surface area contributed by atoms with Crippen molar-refractivity contribution < 1.29 is 9.18 Å². The molecule has 1 aromatic carbocycles. The number of fused-ring (bicyclic) bond motifs is 1. The molecule has 3 heterocycles. The van der Waals surface area contributed by atoms with Crippen molar-refractivity contribution in [1.82, 2.24) is 4.90 Å². The molecule has 0 saturated carbocycles. The molecule has 3 nitrogen and oxygen atoms in total. The first-order valence-corrected chi connectivity index (χ1v) is 9.55. The van der Waals surface area contributed by atoms with Crippen LogP contribution in [0.4, 0.5) is 10.1 Å². The number of thiocarbonyl (C=S) groups is 1. The van der Waals surface area contributed by atoms with Gasteiger partial charge in [-0.05, 0) is 41.9 Å². The molecule has 0 radical (unpaired) electrons. The zero-order valence-electron chi connectivity index (χ0n) is 11.6. The van der Waals surface area contributed by atoms with E-state index in [4.69, 9.17) is 23.8 Å². The molecule has 2 aromatic rings. The lowest BCUT2D eigenvalue weighted by atomic mass is 10.2. The highest BCUT2D eigenvalue weighted by molar-refractivity contribution is 8.00. The first-order chi connectivity index (χ1) is 11.1. The number of hydrogen-bond acceptors (Lipinski definition) is 4. The molecule has 1 amide bonds. The Hall–Kier alpha value is -1.15. The molecule has 0 unspecified atom stereocenters. The predicted octanol–water partition coefficient (Wildman–Crippen LogP) is 4.29. The Kier molecular flexibility index (Phi) is 3.84. The summed E-state index contributed by atoms with van der Waals surface area (Å²) in [6.07, 6.45) is 0. The molecule has 2 fully saturated rings. The number of amides is 1. The Morgan fingerprint density at radius 2 is 2.17 bits per heavy atom. The number of halogens is 2. The molecule has 2 aliphatic rings. The van der Waals surface area contributed by atoms with Crippen molar-refractivity contribution in [3.05, 3.63) is 51.4 Å². The molecule has 1 aromatic heterocycles. The third-order valence-corrected chi connectivity index (χ3v) is 6.93. The molecule has 0 N–H and O–H groups in total. The Morgan fingerprint density at radius 1 is 1.35 bits per heavy atom. The van der Waals surface area contributed by atoms with Crippen molar-refractivity contribution in [2.45, 2.75) is 11.4 Å². The van der Waals surface area contributed by atoms with Crippen LogP contribution in [0.5, 0.6) is 0 Å². The summed E-state index contributed by atoms with van der Waals surface area (Å²) in [7, 11) is 0. The first-order valence-electron chi connectivity index (χ1n) is 6.84. The van der Waals surface area contributed by atoms with Gasteiger partial charge in [0.05, 0.1) is 10.7 Å². The second kappa shape index (κ2) is 5.73. The summed E-state index contributed by atoms with van der Waals surface area (Å²) in [5.41, 5.74) is 0.510. The highest BCUT2D eigenvalue weighted by Crippen LogP contribution is 2.47. The minimum atomic E-state index is -0.513. The normalized spacial score (nSPS) is 23.7. The standard InChI is InChI=1S/C15H10ClFN2OS3/c16-9-6-8(3-4-10(9)17)18-13(20)11-7-23-14(19(11)15(18)21)12-2-1-5-22-12/h1-6,11,14H,7H2/t11-,14-/m0/s1. The minimum absolute atomic E-state index is 0.0191. The van der Waals surface area contributed by atoms with E-state index in [1.54, 1.807) is 23.1 Å². The van der Waals surface area contributed by atoms with E-state index in [1.807, 2.05) is 16.3 Å². The maximum absolute atomic E-state index is 13.4. The van der Waals surface area contributed by atoms with Crippen LogP contribution in [0.15, 0.2) is 35.7 Å². The summed E-state index contributed by atoms with van der Waals surface area (Å²) in [5.74, 6) is 0.0946. The van der Waals surface area contributed by atoms with Crippen molar-refractivity contribution in [3.63, 3.8) is 0 Å². The van der Waals surface area contributed by atoms with E-state index in [-0.39, 0.29) is 22.3 Å². The fourth-order valence-corrected chi connectivity index (χ4v) is 5.86. The zero-order chi connectivity index (χ0) is 16.1. The number of carbonyl (C=O) groups excluding carboxylic acids is 1. The van der Waals surface area contributed by atoms with Gasteiger partial charge in [0.2, 0.25) is 0 Å². The van der Waals surface area contributed by atoms with Crippen LogP contribution in [0.3, 0.4) is 0 Å². The van der Waals surface area contributed by atoms with Crippen molar-refractivity contribution in [3.8, 4) is 0 Å². The fourth-order valence-electron chi connectivity index (χ4n) is 2.80. The number of carbonyl (C=O) groups is 1. The van der Waals surface area contributed by atoms with Crippen LogP contribution in [-0.2, 0) is 4.79 Å². The minimum Gasteiger partial charge on any atom is -0.319 e. The number of anilines is 1. The number of thiophene rings is 1. The number of hydrogen-bond donors (Lipinski definition) is 0. The van der Waals surface area contributed by atoms with Gasteiger partial charge in [-0.25, -0.2) is 4.39 Å². The highest BCUT2D eigenvalue weighted by atomic mass is 35.5. The summed E-state index contributed by atoms with van der Waals surface area (Å²) in [4.78, 5) is 17.4. The number of rotatable bonds is 2. The van der Waals surface area contributed by atoms with Crippen LogP contribution in [0.2, 0.25) is 5.02 Å². The summed E-state index contributed by atoms with van der Waals surface area (Å²) >= 11 is 14.8. The van der Waals surface area contributed by atoms with Gasteiger partial charge in [0.25, 0.3) is 5.91 Å². The van der Waals surface area contributed by atoms with Gasteiger partial charge >= 0.3 is 0 Å². The number of benzene rings is 1. The molecule has 0 aliphatic carbocycles. The monoisotopic (exact) mass is 384 g/mol. The van der Waals surface area contributed by atoms with E-state index in [2.05, 4.69) is 6.07 Å². The van der Waals surface area contributed by atoms with E-state index in [0.29, 0.717) is 16.6 Å². The van der Waals surface area contributed by atoms with Crippen LogP contribution in [0.25, 0.3) is 0 Å². The quantitative estimate of drug-likeness (QED) is 0.721. The second-order valence-electron chi connectivity index (χ2n) is 5.18. The first kappa shape index (κ1) is 15.4. The average molecular weight is 385 g/mol. The smallest absolute Gasteiger partial charge is 0.257 e. The molecule has 2 aliphatic heterocycles. The van der Waals surface area contributed by atoms with E-state index < -0.39 is 5.82 Å². The molecule has 2 atom stereocenters. The molecule has 8 heteroatoms. The Morgan fingerprint density at radius 3 is 2.87 bits per heavy atom. The fraction of sp³-hybridized carbons (Fsp3) is 0.200. The van der Waals surface area contributed by atoms with Gasteiger partial charge < -0.3 is 4.90 Å². The summed E-state index contributed by atoms with van der Waals surface area (Å²) < 4.78 is 13.4. The topological polar surface area (TPSA) is 23.6 Å². The SMILES string of the molecule is O=C1[C@@H]2CS[C@@H](c3cccs3)N2C(=S)N1c1ccc(F)c(Cl)c1. The second-order valence-corrected chi connectivity index (χ2v) is 8.04. The summed E-state index contributed by atoms with van der Waals surface area (Å²) in [6, 6.07) is 7.99. The van der Waals surface area contributed by atoms with Gasteiger partial charge in [0.1, 0.15) is 17.2 Å². The van der Waals surface area contributed by atoms with Gasteiger partial charge in [-0.2, -0.15) is 0 Å². The van der Waals surface area contributed by atoms with Crippen LogP contribution in [-0.4, -0.2) is 27.7 Å². The lowest BCUT2D eigenvalue weighted by Crippen LogP contribution is -2.33. The van der Waals surface area contributed by atoms with Crippen LogP contribution in [0, 0.1) is 5.82 Å². The molecular formula is C15H10ClFN2OS3. The molecule has 0 bridgehead atoms. The number of nitrogens with zero attached hydrogens (tertiary/aromatic N) is 2. The molecule has 23 heavy (non-hydrogen) atoms. The Balaban J connectivity index is 1.71. The predicted molar refractivity (Wildman–Crippen MR) is 96.6 cm³/mol. The lowest BCUT2D eigenvalue weighted by molar-refractivity contribution is -0.119.